The summed E-state index contributed by atoms with van der Waals surface area (Å²) in [6, 6.07) is 20.7. The van der Waals surface area contributed by atoms with E-state index in [9.17, 15) is 13.9 Å². The van der Waals surface area contributed by atoms with Gasteiger partial charge in [0.15, 0.2) is 0 Å². The van der Waals surface area contributed by atoms with Crippen LogP contribution in [0.25, 0.3) is 11.1 Å². The van der Waals surface area contributed by atoms with Crippen LogP contribution < -0.4 is 0 Å². The summed E-state index contributed by atoms with van der Waals surface area (Å²) in [6.07, 6.45) is 3.80. The highest BCUT2D eigenvalue weighted by atomic mass is 19.1. The van der Waals surface area contributed by atoms with E-state index in [-0.39, 0.29) is 17.6 Å². The van der Waals surface area contributed by atoms with Crippen LogP contribution in [-0.4, -0.2) is 11.2 Å². The van der Waals surface area contributed by atoms with E-state index in [2.05, 4.69) is 12.1 Å². The van der Waals surface area contributed by atoms with Crippen molar-refractivity contribution in [2.45, 2.75) is 57.0 Å². The fourth-order valence-electron chi connectivity index (χ4n) is 4.53. The first-order chi connectivity index (χ1) is 14.5. The molecule has 0 amide bonds. The number of aliphatic hydroxyl groups is 1. The fourth-order valence-corrected chi connectivity index (χ4v) is 4.53. The molecular formula is C27H28F2O. The van der Waals surface area contributed by atoms with Gasteiger partial charge in [-0.05, 0) is 78.3 Å². The molecule has 156 valence electrons. The SMILES string of the molecule is C[C@H](Cc1c(F)cc(-c2ccc(C3CCC(O)CC3)cc2)cc1F)c1ccccc1. The molecule has 0 bridgehead atoms. The van der Waals surface area contributed by atoms with E-state index in [1.54, 1.807) is 0 Å². The number of benzene rings is 3. The van der Waals surface area contributed by atoms with Gasteiger partial charge in [-0.15, -0.1) is 0 Å². The predicted octanol–water partition coefficient (Wildman–Crippen LogP) is 7.00. The molecule has 3 aromatic carbocycles. The van der Waals surface area contributed by atoms with Crippen molar-refractivity contribution in [1.29, 1.82) is 0 Å². The van der Waals surface area contributed by atoms with Crippen LogP contribution in [0.15, 0.2) is 66.7 Å². The van der Waals surface area contributed by atoms with E-state index in [1.807, 2.05) is 49.4 Å². The lowest BCUT2D eigenvalue weighted by Crippen LogP contribution is -2.16. The Morgan fingerprint density at radius 2 is 1.43 bits per heavy atom. The second kappa shape index (κ2) is 9.09. The number of hydrogen-bond donors (Lipinski definition) is 1. The van der Waals surface area contributed by atoms with Gasteiger partial charge >= 0.3 is 0 Å². The van der Waals surface area contributed by atoms with Gasteiger partial charge in [-0.25, -0.2) is 8.78 Å². The van der Waals surface area contributed by atoms with Gasteiger partial charge in [0, 0.05) is 5.56 Å². The van der Waals surface area contributed by atoms with Gasteiger partial charge < -0.3 is 5.11 Å². The second-order valence-corrected chi connectivity index (χ2v) is 8.56. The van der Waals surface area contributed by atoms with Crippen LogP contribution in [-0.2, 0) is 6.42 Å². The Bertz CT molecular complexity index is 950. The second-order valence-electron chi connectivity index (χ2n) is 8.56. The zero-order chi connectivity index (χ0) is 21.1. The Balaban J connectivity index is 1.51. The van der Waals surface area contributed by atoms with Crippen LogP contribution >= 0.6 is 0 Å². The van der Waals surface area contributed by atoms with Crippen LogP contribution in [0.5, 0.6) is 0 Å². The molecule has 1 fully saturated rings. The largest absolute Gasteiger partial charge is 0.393 e. The summed E-state index contributed by atoms with van der Waals surface area (Å²) in [5, 5.41) is 9.69. The zero-order valence-corrected chi connectivity index (χ0v) is 17.3. The Kier molecular flexibility index (Phi) is 6.29. The first-order valence-electron chi connectivity index (χ1n) is 10.8. The molecule has 0 unspecified atom stereocenters. The topological polar surface area (TPSA) is 20.2 Å². The van der Waals surface area contributed by atoms with Gasteiger partial charge in [-0.1, -0.05) is 61.5 Å². The monoisotopic (exact) mass is 406 g/mol. The molecule has 1 N–H and O–H groups in total. The van der Waals surface area contributed by atoms with E-state index >= 15 is 0 Å². The highest BCUT2D eigenvalue weighted by molar-refractivity contribution is 5.64. The average Bonchev–Trinajstić information content (AvgIpc) is 2.77. The quantitative estimate of drug-likeness (QED) is 0.484. The molecule has 0 aliphatic heterocycles. The third-order valence-electron chi connectivity index (χ3n) is 6.43. The van der Waals surface area contributed by atoms with Crippen molar-refractivity contribution in [3.63, 3.8) is 0 Å². The first kappa shape index (κ1) is 20.7. The van der Waals surface area contributed by atoms with E-state index < -0.39 is 11.6 Å². The fraction of sp³-hybridized carbons (Fsp3) is 0.333. The summed E-state index contributed by atoms with van der Waals surface area (Å²) in [5.74, 6) is -0.483. The zero-order valence-electron chi connectivity index (χ0n) is 17.3. The smallest absolute Gasteiger partial charge is 0.129 e. The van der Waals surface area contributed by atoms with Crippen molar-refractivity contribution in [2.24, 2.45) is 0 Å². The summed E-state index contributed by atoms with van der Waals surface area (Å²) < 4.78 is 29.6. The normalized spacial score (nSPS) is 20.1. The summed E-state index contributed by atoms with van der Waals surface area (Å²) >= 11 is 0. The predicted molar refractivity (Wildman–Crippen MR) is 118 cm³/mol. The third kappa shape index (κ3) is 4.62. The number of aliphatic hydroxyl groups excluding tert-OH is 1. The van der Waals surface area contributed by atoms with Crippen molar-refractivity contribution in [3.05, 3.63) is 95.1 Å². The lowest BCUT2D eigenvalue weighted by molar-refractivity contribution is 0.122. The molecule has 0 spiro atoms. The minimum absolute atomic E-state index is 0.0364. The molecule has 3 heteroatoms. The molecule has 0 saturated heterocycles. The Morgan fingerprint density at radius 1 is 0.833 bits per heavy atom. The third-order valence-corrected chi connectivity index (χ3v) is 6.43. The molecular weight excluding hydrogens is 378 g/mol. The van der Waals surface area contributed by atoms with Crippen LogP contribution in [0.1, 0.15) is 61.1 Å². The molecule has 1 aliphatic carbocycles. The van der Waals surface area contributed by atoms with Crippen LogP contribution in [0.3, 0.4) is 0 Å². The summed E-state index contributed by atoms with van der Waals surface area (Å²) in [7, 11) is 0. The Morgan fingerprint density at radius 3 is 2.03 bits per heavy atom. The average molecular weight is 407 g/mol. The van der Waals surface area contributed by atoms with Crippen molar-refractivity contribution >= 4 is 0 Å². The Hall–Kier alpha value is -2.52. The first-order valence-corrected chi connectivity index (χ1v) is 10.8. The molecule has 1 nitrogen and oxygen atoms in total. The van der Waals surface area contributed by atoms with Crippen molar-refractivity contribution in [2.75, 3.05) is 0 Å². The van der Waals surface area contributed by atoms with Gasteiger partial charge in [0.1, 0.15) is 11.6 Å². The number of hydrogen-bond acceptors (Lipinski definition) is 1. The molecule has 1 atom stereocenters. The molecule has 1 aliphatic rings. The van der Waals surface area contributed by atoms with Crippen molar-refractivity contribution in [1.82, 2.24) is 0 Å². The summed E-state index contributed by atoms with van der Waals surface area (Å²) in [5.41, 5.74) is 3.83. The van der Waals surface area contributed by atoms with Gasteiger partial charge in [0.05, 0.1) is 6.10 Å². The van der Waals surface area contributed by atoms with Crippen LogP contribution in [0.4, 0.5) is 8.78 Å². The van der Waals surface area contributed by atoms with Gasteiger partial charge in [-0.2, -0.15) is 0 Å². The molecule has 0 radical (unpaired) electrons. The van der Waals surface area contributed by atoms with E-state index in [0.29, 0.717) is 17.9 Å². The maximum absolute atomic E-state index is 14.8. The Labute approximate surface area is 177 Å². The summed E-state index contributed by atoms with van der Waals surface area (Å²) in [4.78, 5) is 0. The highest BCUT2D eigenvalue weighted by Gasteiger charge is 2.21. The van der Waals surface area contributed by atoms with E-state index in [4.69, 9.17) is 0 Å². The molecule has 1 saturated carbocycles. The molecule has 0 heterocycles. The molecule has 30 heavy (non-hydrogen) atoms. The van der Waals surface area contributed by atoms with E-state index in [1.165, 1.54) is 17.7 Å². The van der Waals surface area contributed by atoms with E-state index in [0.717, 1.165) is 36.8 Å². The standard InChI is InChI=1S/C27H28F2O/c1-18(19-5-3-2-4-6-19)15-25-26(28)16-23(17-27(25)29)22-9-7-20(8-10-22)21-11-13-24(30)14-12-21/h2-10,16-18,21,24,30H,11-15H2,1H3/t18-,21?,24?/m1/s1. The van der Waals surface area contributed by atoms with Crippen LogP contribution in [0.2, 0.25) is 0 Å². The van der Waals surface area contributed by atoms with Crippen molar-refractivity contribution < 1.29 is 13.9 Å². The lowest BCUT2D eigenvalue weighted by atomic mass is 9.82. The maximum Gasteiger partial charge on any atom is 0.129 e. The summed E-state index contributed by atoms with van der Waals surface area (Å²) in [6.45, 7) is 1.99. The van der Waals surface area contributed by atoms with Gasteiger partial charge in [0.25, 0.3) is 0 Å². The molecule has 0 aromatic heterocycles. The molecule has 4 rings (SSSR count). The number of halogens is 2. The molecule has 3 aromatic rings. The maximum atomic E-state index is 14.8. The van der Waals surface area contributed by atoms with Gasteiger partial charge in [0.2, 0.25) is 0 Å². The minimum Gasteiger partial charge on any atom is -0.393 e. The number of rotatable bonds is 5. The highest BCUT2D eigenvalue weighted by Crippen LogP contribution is 2.34. The minimum atomic E-state index is -0.488. The van der Waals surface area contributed by atoms with Gasteiger partial charge in [-0.3, -0.25) is 0 Å². The van der Waals surface area contributed by atoms with Crippen LogP contribution in [0, 0.1) is 11.6 Å². The van der Waals surface area contributed by atoms with Crippen molar-refractivity contribution in [3.8, 4) is 11.1 Å². The lowest BCUT2D eigenvalue weighted by Gasteiger charge is -2.25.